The molecule has 0 saturated carbocycles. The third-order valence-corrected chi connectivity index (χ3v) is 7.83. The molecule has 0 bridgehead atoms. The van der Waals surface area contributed by atoms with Gasteiger partial charge in [-0.15, -0.1) is 0 Å². The predicted octanol–water partition coefficient (Wildman–Crippen LogP) is 7.17. The van der Waals surface area contributed by atoms with E-state index < -0.39 is 41.0 Å². The van der Waals surface area contributed by atoms with Gasteiger partial charge in [0.05, 0.1) is 44.6 Å². The standard InChI is InChI=1S/C38H36F3NO8/c1-4-48-35(45)37(36(46)49-5-2,27-13-7-6-8-14-27)22-23-50-32(43)24-26-12-11-17-31(33(26)47-3)42-34(44)30-16-10-9-15-29(30)25-18-20-28(21-19-25)38(39,40)41/h6-21H,4-5,22-24H2,1-3H3,(H,42,44). The molecular formula is C38H36F3NO8. The van der Waals surface area contributed by atoms with Crippen molar-refractivity contribution in [1.82, 2.24) is 0 Å². The van der Waals surface area contributed by atoms with E-state index in [1.54, 1.807) is 80.6 Å². The number of anilines is 1. The summed E-state index contributed by atoms with van der Waals surface area (Å²) in [6.45, 7) is 2.92. The predicted molar refractivity (Wildman–Crippen MR) is 178 cm³/mol. The number of carbonyl (C=O) groups is 4. The molecule has 4 aromatic rings. The van der Waals surface area contributed by atoms with Crippen LogP contribution in [-0.4, -0.2) is 50.7 Å². The van der Waals surface area contributed by atoms with Gasteiger partial charge < -0.3 is 24.3 Å². The summed E-state index contributed by atoms with van der Waals surface area (Å²) < 4.78 is 60.9. The van der Waals surface area contributed by atoms with E-state index in [0.717, 1.165) is 12.1 Å². The number of amides is 1. The van der Waals surface area contributed by atoms with Crippen LogP contribution in [0.3, 0.4) is 0 Å². The van der Waals surface area contributed by atoms with Crippen LogP contribution in [-0.2, 0) is 46.6 Å². The molecule has 12 heteroatoms. The molecule has 9 nitrogen and oxygen atoms in total. The fourth-order valence-corrected chi connectivity index (χ4v) is 5.45. The second kappa shape index (κ2) is 16.6. The normalized spacial score (nSPS) is 11.3. The zero-order chi connectivity index (χ0) is 36.3. The van der Waals surface area contributed by atoms with E-state index in [-0.39, 0.29) is 49.7 Å². The Bertz CT molecular complexity index is 1790. The summed E-state index contributed by atoms with van der Waals surface area (Å²) in [5, 5.41) is 2.77. The maximum Gasteiger partial charge on any atom is 0.416 e. The molecule has 0 aliphatic carbocycles. The van der Waals surface area contributed by atoms with Gasteiger partial charge in [0.2, 0.25) is 0 Å². The van der Waals surface area contributed by atoms with Crippen LogP contribution in [0.25, 0.3) is 11.1 Å². The van der Waals surface area contributed by atoms with Crippen LogP contribution >= 0.6 is 0 Å². The minimum atomic E-state index is -4.50. The molecule has 0 radical (unpaired) electrons. The van der Waals surface area contributed by atoms with Crippen LogP contribution in [0.4, 0.5) is 18.9 Å². The molecule has 0 spiro atoms. The summed E-state index contributed by atoms with van der Waals surface area (Å²) in [5.41, 5.74) is -0.719. The number of esters is 3. The van der Waals surface area contributed by atoms with Gasteiger partial charge in [-0.3, -0.25) is 19.2 Å². The lowest BCUT2D eigenvalue weighted by atomic mass is 9.77. The van der Waals surface area contributed by atoms with Crippen LogP contribution in [0, 0.1) is 0 Å². The minimum Gasteiger partial charge on any atom is -0.494 e. The lowest BCUT2D eigenvalue weighted by Crippen LogP contribution is -2.47. The van der Waals surface area contributed by atoms with Crippen LogP contribution in [0.2, 0.25) is 0 Å². The largest absolute Gasteiger partial charge is 0.494 e. The van der Waals surface area contributed by atoms with Crippen molar-refractivity contribution >= 4 is 29.5 Å². The first-order chi connectivity index (χ1) is 24.0. The van der Waals surface area contributed by atoms with Gasteiger partial charge in [-0.1, -0.05) is 72.8 Å². The van der Waals surface area contributed by atoms with Crippen molar-refractivity contribution < 1.29 is 51.3 Å². The van der Waals surface area contributed by atoms with E-state index in [9.17, 15) is 32.3 Å². The molecule has 0 saturated heterocycles. The Morgan fingerprint density at radius 2 is 1.32 bits per heavy atom. The van der Waals surface area contributed by atoms with Crippen LogP contribution in [0.15, 0.2) is 97.1 Å². The number of carbonyl (C=O) groups excluding carboxylic acids is 4. The second-order valence-electron chi connectivity index (χ2n) is 10.9. The highest BCUT2D eigenvalue weighted by Crippen LogP contribution is 2.35. The summed E-state index contributed by atoms with van der Waals surface area (Å²) in [4.78, 5) is 53.1. The highest BCUT2D eigenvalue weighted by molar-refractivity contribution is 6.09. The molecule has 1 N–H and O–H groups in total. The van der Waals surface area contributed by atoms with Crippen molar-refractivity contribution in [2.75, 3.05) is 32.2 Å². The molecule has 0 aliphatic rings. The van der Waals surface area contributed by atoms with Crippen molar-refractivity contribution in [3.8, 4) is 16.9 Å². The molecule has 262 valence electrons. The Labute approximate surface area is 287 Å². The number of hydrogen-bond donors (Lipinski definition) is 1. The summed E-state index contributed by atoms with van der Waals surface area (Å²) in [5.74, 6) is -2.74. The first-order valence-electron chi connectivity index (χ1n) is 15.8. The summed E-state index contributed by atoms with van der Waals surface area (Å²) in [6.07, 6.45) is -5.03. The summed E-state index contributed by atoms with van der Waals surface area (Å²) in [6, 6.07) is 24.0. The lowest BCUT2D eigenvalue weighted by molar-refractivity contribution is -0.167. The Hall–Kier alpha value is -5.65. The average molecular weight is 692 g/mol. The third-order valence-electron chi connectivity index (χ3n) is 7.83. The molecule has 4 aromatic carbocycles. The molecule has 0 atom stereocenters. The SMILES string of the molecule is CCOC(=O)C(CCOC(=O)Cc1cccc(NC(=O)c2ccccc2-c2ccc(C(F)(F)F)cc2)c1OC)(C(=O)OCC)c1ccccc1. The number of para-hydroxylation sites is 1. The number of rotatable bonds is 14. The van der Waals surface area contributed by atoms with Gasteiger partial charge in [0.25, 0.3) is 5.91 Å². The number of alkyl halides is 3. The minimum absolute atomic E-state index is 0.0138. The van der Waals surface area contributed by atoms with Gasteiger partial charge in [0.15, 0.2) is 5.41 Å². The van der Waals surface area contributed by atoms with Crippen molar-refractivity contribution in [1.29, 1.82) is 0 Å². The first kappa shape index (κ1) is 37.2. The Morgan fingerprint density at radius 3 is 1.92 bits per heavy atom. The Balaban J connectivity index is 1.51. The average Bonchev–Trinajstić information content (AvgIpc) is 3.10. The smallest absolute Gasteiger partial charge is 0.416 e. The maximum absolute atomic E-state index is 13.5. The van der Waals surface area contributed by atoms with Crippen molar-refractivity contribution in [3.63, 3.8) is 0 Å². The van der Waals surface area contributed by atoms with E-state index in [0.29, 0.717) is 22.3 Å². The molecule has 0 fully saturated rings. The van der Waals surface area contributed by atoms with Gasteiger partial charge >= 0.3 is 24.1 Å². The zero-order valence-electron chi connectivity index (χ0n) is 27.7. The fourth-order valence-electron chi connectivity index (χ4n) is 5.45. The Kier molecular flexibility index (Phi) is 12.4. The van der Waals surface area contributed by atoms with Crippen molar-refractivity contribution in [2.24, 2.45) is 0 Å². The molecular weight excluding hydrogens is 655 g/mol. The van der Waals surface area contributed by atoms with E-state index in [1.165, 1.54) is 25.3 Å². The number of nitrogens with one attached hydrogen (secondary N) is 1. The molecule has 50 heavy (non-hydrogen) atoms. The van der Waals surface area contributed by atoms with Crippen LogP contribution in [0.1, 0.15) is 47.3 Å². The molecule has 1 amide bonds. The second-order valence-corrected chi connectivity index (χ2v) is 10.9. The maximum atomic E-state index is 13.5. The monoisotopic (exact) mass is 691 g/mol. The fraction of sp³-hybridized carbons (Fsp3) is 0.263. The first-order valence-corrected chi connectivity index (χ1v) is 15.8. The van der Waals surface area contributed by atoms with Gasteiger partial charge in [-0.2, -0.15) is 13.2 Å². The highest BCUT2D eigenvalue weighted by atomic mass is 19.4. The molecule has 0 aromatic heterocycles. The van der Waals surface area contributed by atoms with Crippen LogP contribution in [0.5, 0.6) is 5.75 Å². The van der Waals surface area contributed by atoms with E-state index >= 15 is 0 Å². The zero-order valence-corrected chi connectivity index (χ0v) is 27.7. The number of ether oxygens (including phenoxy) is 4. The lowest BCUT2D eigenvalue weighted by Gasteiger charge is -2.29. The quantitative estimate of drug-likeness (QED) is 0.0841. The van der Waals surface area contributed by atoms with Gasteiger partial charge in [0.1, 0.15) is 5.75 Å². The third kappa shape index (κ3) is 8.49. The number of hydrogen-bond acceptors (Lipinski definition) is 8. The number of methoxy groups -OCH3 is 1. The molecule has 0 heterocycles. The van der Waals surface area contributed by atoms with Gasteiger partial charge in [-0.05, 0) is 54.8 Å². The highest BCUT2D eigenvalue weighted by Gasteiger charge is 2.50. The van der Waals surface area contributed by atoms with Crippen molar-refractivity contribution in [2.45, 2.75) is 38.3 Å². The summed E-state index contributed by atoms with van der Waals surface area (Å²) in [7, 11) is 1.36. The van der Waals surface area contributed by atoms with E-state index in [2.05, 4.69) is 5.32 Å². The van der Waals surface area contributed by atoms with Gasteiger partial charge in [0, 0.05) is 17.5 Å². The number of halogens is 3. The van der Waals surface area contributed by atoms with E-state index in [1.807, 2.05) is 0 Å². The topological polar surface area (TPSA) is 117 Å². The van der Waals surface area contributed by atoms with E-state index in [4.69, 9.17) is 18.9 Å². The molecule has 4 rings (SSSR count). The van der Waals surface area contributed by atoms with Gasteiger partial charge in [-0.25, -0.2) is 0 Å². The molecule has 0 unspecified atom stereocenters. The van der Waals surface area contributed by atoms with Crippen LogP contribution < -0.4 is 10.1 Å². The van der Waals surface area contributed by atoms with Crippen molar-refractivity contribution in [3.05, 3.63) is 119 Å². The summed E-state index contributed by atoms with van der Waals surface area (Å²) >= 11 is 0. The number of benzene rings is 4. The molecule has 0 aliphatic heterocycles. The Morgan fingerprint density at radius 1 is 0.700 bits per heavy atom.